The van der Waals surface area contributed by atoms with Crippen LogP contribution in [0.2, 0.25) is 0 Å². The van der Waals surface area contributed by atoms with Gasteiger partial charge in [-0.2, -0.15) is 0 Å². The maximum Gasteiger partial charge on any atom is 0.269 e. The van der Waals surface area contributed by atoms with E-state index in [1.54, 1.807) is 20.2 Å². The molecule has 4 heteroatoms. The lowest BCUT2D eigenvalue weighted by Gasteiger charge is -2.14. The Morgan fingerprint density at radius 2 is 1.83 bits per heavy atom. The first-order valence-electron chi connectivity index (χ1n) is 5.68. The second-order valence-electron chi connectivity index (χ2n) is 4.30. The smallest absolute Gasteiger partial charge is 0.269 e. The van der Waals surface area contributed by atoms with Gasteiger partial charge in [0, 0.05) is 21.0 Å². The molecule has 18 heavy (non-hydrogen) atoms. The summed E-state index contributed by atoms with van der Waals surface area (Å²) in [5.74, 6) is -0.488. The average Bonchev–Trinajstić information content (AvgIpc) is 2.29. The first-order chi connectivity index (χ1) is 8.41. The van der Waals surface area contributed by atoms with E-state index >= 15 is 0 Å². The van der Waals surface area contributed by atoms with Crippen LogP contribution in [0.1, 0.15) is 18.1 Å². The van der Waals surface area contributed by atoms with Crippen LogP contribution in [-0.2, 0) is 9.59 Å². The van der Waals surface area contributed by atoms with E-state index in [1.165, 1.54) is 11.8 Å². The van der Waals surface area contributed by atoms with Crippen molar-refractivity contribution < 1.29 is 9.59 Å². The van der Waals surface area contributed by atoms with Crippen molar-refractivity contribution in [3.63, 3.8) is 0 Å². The zero-order valence-corrected chi connectivity index (χ0v) is 11.2. The summed E-state index contributed by atoms with van der Waals surface area (Å²) in [4.78, 5) is 24.5. The third kappa shape index (κ3) is 3.73. The number of aryl methyl sites for hydroxylation is 1. The maximum atomic E-state index is 11.9. The lowest BCUT2D eigenvalue weighted by Crippen LogP contribution is -2.33. The fraction of sp³-hybridized carbons (Fsp3) is 0.286. The molecule has 0 spiro atoms. The van der Waals surface area contributed by atoms with Crippen molar-refractivity contribution in [3.8, 4) is 0 Å². The minimum atomic E-state index is -0.259. The van der Waals surface area contributed by atoms with Gasteiger partial charge in [0.2, 0.25) is 5.91 Å². The van der Waals surface area contributed by atoms with Gasteiger partial charge in [-0.1, -0.05) is 24.3 Å². The van der Waals surface area contributed by atoms with Crippen LogP contribution in [-0.4, -0.2) is 30.8 Å². The molecule has 0 atom stereocenters. The number of nitrogens with one attached hydrogen (secondary N) is 1. The van der Waals surface area contributed by atoms with Gasteiger partial charge < -0.3 is 10.2 Å². The van der Waals surface area contributed by atoms with Gasteiger partial charge in [0.05, 0.1) is 0 Å². The van der Waals surface area contributed by atoms with Crippen molar-refractivity contribution in [2.24, 2.45) is 0 Å². The number of rotatable bonds is 3. The average molecular weight is 246 g/mol. The van der Waals surface area contributed by atoms with Gasteiger partial charge in [-0.3, -0.25) is 9.59 Å². The normalized spacial score (nSPS) is 11.0. The molecule has 1 aromatic carbocycles. The largest absolute Gasteiger partial charge is 0.344 e. The standard InChI is InChI=1S/C14H18N2O2/c1-10-7-5-6-8-12(10)9-13(15-11(2)17)14(18)16(3)4/h5-9H,1-4H3,(H,15,17)/b13-9-. The quantitative estimate of drug-likeness (QED) is 0.823. The molecule has 2 amide bonds. The molecule has 1 aromatic rings. The second kappa shape index (κ2) is 6.00. The predicted molar refractivity (Wildman–Crippen MR) is 71.7 cm³/mol. The molecule has 0 aliphatic rings. The van der Waals surface area contributed by atoms with E-state index in [-0.39, 0.29) is 17.5 Å². The molecule has 0 bridgehead atoms. The molecule has 0 heterocycles. The minimum Gasteiger partial charge on any atom is -0.344 e. The van der Waals surface area contributed by atoms with E-state index in [2.05, 4.69) is 5.32 Å². The predicted octanol–water partition coefficient (Wildman–Crippen LogP) is 1.56. The monoisotopic (exact) mass is 246 g/mol. The number of carbonyl (C=O) groups excluding carboxylic acids is 2. The second-order valence-corrected chi connectivity index (χ2v) is 4.30. The molecule has 0 aromatic heterocycles. The van der Waals surface area contributed by atoms with Gasteiger partial charge in [0.15, 0.2) is 0 Å². The molecular weight excluding hydrogens is 228 g/mol. The van der Waals surface area contributed by atoms with Crippen LogP contribution in [0.3, 0.4) is 0 Å². The van der Waals surface area contributed by atoms with Crippen molar-refractivity contribution in [1.29, 1.82) is 0 Å². The summed E-state index contributed by atoms with van der Waals surface area (Å²) in [6, 6.07) is 7.68. The first-order valence-corrected chi connectivity index (χ1v) is 5.68. The Balaban J connectivity index is 3.14. The van der Waals surface area contributed by atoms with E-state index < -0.39 is 0 Å². The zero-order valence-electron chi connectivity index (χ0n) is 11.2. The Morgan fingerprint density at radius 1 is 1.22 bits per heavy atom. The molecule has 1 rings (SSSR count). The number of benzene rings is 1. The van der Waals surface area contributed by atoms with Crippen molar-refractivity contribution in [3.05, 3.63) is 41.1 Å². The minimum absolute atomic E-state index is 0.228. The van der Waals surface area contributed by atoms with Crippen LogP contribution in [0.15, 0.2) is 30.0 Å². The molecule has 0 fully saturated rings. The van der Waals surface area contributed by atoms with Crippen LogP contribution < -0.4 is 5.32 Å². The Bertz CT molecular complexity index is 490. The van der Waals surface area contributed by atoms with Gasteiger partial charge in [0.1, 0.15) is 5.70 Å². The Kier molecular flexibility index (Phi) is 4.66. The number of amides is 2. The molecule has 0 aliphatic heterocycles. The van der Waals surface area contributed by atoms with Crippen LogP contribution in [0.4, 0.5) is 0 Å². The summed E-state index contributed by atoms with van der Waals surface area (Å²) in [6.45, 7) is 3.34. The fourth-order valence-electron chi connectivity index (χ4n) is 1.49. The highest BCUT2D eigenvalue weighted by molar-refractivity contribution is 6.00. The van der Waals surface area contributed by atoms with Gasteiger partial charge >= 0.3 is 0 Å². The fourth-order valence-corrected chi connectivity index (χ4v) is 1.49. The molecule has 1 N–H and O–H groups in total. The number of hydrogen-bond donors (Lipinski definition) is 1. The van der Waals surface area contributed by atoms with Crippen molar-refractivity contribution in [1.82, 2.24) is 10.2 Å². The number of hydrogen-bond acceptors (Lipinski definition) is 2. The van der Waals surface area contributed by atoms with Gasteiger partial charge in [-0.25, -0.2) is 0 Å². The van der Waals surface area contributed by atoms with E-state index in [9.17, 15) is 9.59 Å². The molecule has 0 saturated carbocycles. The van der Waals surface area contributed by atoms with Crippen molar-refractivity contribution in [2.75, 3.05) is 14.1 Å². The Morgan fingerprint density at radius 3 is 2.33 bits per heavy atom. The Hall–Kier alpha value is -2.10. The number of nitrogens with zero attached hydrogens (tertiary/aromatic N) is 1. The van der Waals surface area contributed by atoms with E-state index in [0.717, 1.165) is 11.1 Å². The maximum absolute atomic E-state index is 11.9. The van der Waals surface area contributed by atoms with Crippen LogP contribution >= 0.6 is 0 Å². The third-order valence-corrected chi connectivity index (χ3v) is 2.44. The lowest BCUT2D eigenvalue weighted by atomic mass is 10.1. The molecule has 4 nitrogen and oxygen atoms in total. The van der Waals surface area contributed by atoms with E-state index in [1.807, 2.05) is 31.2 Å². The Labute approximate surface area is 107 Å². The highest BCUT2D eigenvalue weighted by atomic mass is 16.2. The van der Waals surface area contributed by atoms with Gasteiger partial charge in [-0.15, -0.1) is 0 Å². The summed E-state index contributed by atoms with van der Waals surface area (Å²) < 4.78 is 0. The molecular formula is C14H18N2O2. The lowest BCUT2D eigenvalue weighted by molar-refractivity contribution is -0.127. The number of likely N-dealkylation sites (N-methyl/N-ethyl adjacent to an activating group) is 1. The first kappa shape index (κ1) is 14.0. The molecule has 0 radical (unpaired) electrons. The molecule has 96 valence electrons. The third-order valence-electron chi connectivity index (χ3n) is 2.44. The summed E-state index contributed by atoms with van der Waals surface area (Å²) >= 11 is 0. The summed E-state index contributed by atoms with van der Waals surface area (Å²) in [5, 5.41) is 2.57. The number of carbonyl (C=O) groups is 2. The summed E-state index contributed by atoms with van der Waals surface area (Å²) in [5.41, 5.74) is 2.24. The van der Waals surface area contributed by atoms with Crippen LogP contribution in [0, 0.1) is 6.92 Å². The summed E-state index contributed by atoms with van der Waals surface area (Å²) in [6.07, 6.45) is 1.69. The highest BCUT2D eigenvalue weighted by Crippen LogP contribution is 2.11. The molecule has 0 saturated heterocycles. The molecule has 0 unspecified atom stereocenters. The van der Waals surface area contributed by atoms with Gasteiger partial charge in [-0.05, 0) is 24.1 Å². The SMILES string of the molecule is CC(=O)N/C(=C\c1ccccc1C)C(=O)N(C)C. The molecule has 0 aliphatic carbocycles. The topological polar surface area (TPSA) is 49.4 Å². The van der Waals surface area contributed by atoms with E-state index in [4.69, 9.17) is 0 Å². The van der Waals surface area contributed by atoms with E-state index in [0.29, 0.717) is 0 Å². The van der Waals surface area contributed by atoms with Crippen molar-refractivity contribution >= 4 is 17.9 Å². The van der Waals surface area contributed by atoms with Crippen LogP contribution in [0.25, 0.3) is 6.08 Å². The van der Waals surface area contributed by atoms with Gasteiger partial charge in [0.25, 0.3) is 5.91 Å². The van der Waals surface area contributed by atoms with Crippen molar-refractivity contribution in [2.45, 2.75) is 13.8 Å². The highest BCUT2D eigenvalue weighted by Gasteiger charge is 2.13. The van der Waals surface area contributed by atoms with Crippen LogP contribution in [0.5, 0.6) is 0 Å². The summed E-state index contributed by atoms with van der Waals surface area (Å²) in [7, 11) is 3.30. The zero-order chi connectivity index (χ0) is 13.7.